The fourth-order valence-electron chi connectivity index (χ4n) is 12.7. The first-order valence-corrected chi connectivity index (χ1v) is 28.7. The highest BCUT2D eigenvalue weighted by molar-refractivity contribution is 7.00. The zero-order chi connectivity index (χ0) is 55.8. The number of fused-ring (bicyclic) bond motifs is 4. The Bertz CT molecular complexity index is 4260. The molecular weight excluding hydrogens is 1020 g/mol. The molecule has 0 saturated carbocycles. The van der Waals surface area contributed by atoms with Gasteiger partial charge in [0.05, 0.1) is 11.4 Å². The van der Waals surface area contributed by atoms with E-state index < -0.39 is 0 Å². The number of nitrogens with zero attached hydrogens (tertiary/aromatic N) is 4. The SMILES string of the molecule is c1ccc(-c2cccc(-c3ccccc3)c2-c2cc(Oc3cccc(N(c4ccccc4)c4cc5c6c(c4)N(c4ccccc4)c4ccccc4B6c4ccccc4N5c4ccccc4)c3)cc(N(c3ccccc3)c3ccccc3)c2)cc1. The van der Waals surface area contributed by atoms with Crippen LogP contribution in [-0.4, -0.2) is 6.71 Å². The minimum absolute atomic E-state index is 0.0120. The van der Waals surface area contributed by atoms with Crippen LogP contribution in [0.15, 0.2) is 334 Å². The third-order valence-electron chi connectivity index (χ3n) is 16.2. The predicted molar refractivity (Wildman–Crippen MR) is 353 cm³/mol. The van der Waals surface area contributed by atoms with Crippen LogP contribution in [0, 0.1) is 0 Å². The molecule has 0 aromatic heterocycles. The van der Waals surface area contributed by atoms with Crippen LogP contribution in [0.25, 0.3) is 33.4 Å². The van der Waals surface area contributed by atoms with E-state index in [1.165, 1.54) is 16.4 Å². The summed E-state index contributed by atoms with van der Waals surface area (Å²) in [6.45, 7) is -0.0120. The predicted octanol–water partition coefficient (Wildman–Crippen LogP) is 19.5. The summed E-state index contributed by atoms with van der Waals surface area (Å²) >= 11 is 0. The fourth-order valence-corrected chi connectivity index (χ4v) is 12.7. The van der Waals surface area contributed by atoms with Gasteiger partial charge >= 0.3 is 0 Å². The Kier molecular flexibility index (Phi) is 12.9. The van der Waals surface area contributed by atoms with Gasteiger partial charge in [-0.3, -0.25) is 0 Å². The van der Waals surface area contributed by atoms with E-state index in [2.05, 4.69) is 353 Å². The molecule has 13 aromatic carbocycles. The first-order valence-electron chi connectivity index (χ1n) is 28.7. The summed E-state index contributed by atoms with van der Waals surface area (Å²) in [5, 5.41) is 0. The number of para-hydroxylation sites is 7. The van der Waals surface area contributed by atoms with Crippen molar-refractivity contribution in [1.82, 2.24) is 0 Å². The van der Waals surface area contributed by atoms with Crippen molar-refractivity contribution in [3.63, 3.8) is 0 Å². The topological polar surface area (TPSA) is 22.2 Å². The third kappa shape index (κ3) is 9.13. The van der Waals surface area contributed by atoms with Crippen LogP contribution in [0.1, 0.15) is 0 Å². The summed E-state index contributed by atoms with van der Waals surface area (Å²) < 4.78 is 7.37. The number of hydrogen-bond acceptors (Lipinski definition) is 5. The Labute approximate surface area is 491 Å². The third-order valence-corrected chi connectivity index (χ3v) is 16.2. The van der Waals surface area contributed by atoms with E-state index >= 15 is 0 Å². The van der Waals surface area contributed by atoms with Crippen LogP contribution in [0.2, 0.25) is 0 Å². The van der Waals surface area contributed by atoms with E-state index in [0.717, 1.165) is 102 Å². The molecule has 5 nitrogen and oxygen atoms in total. The number of benzene rings is 13. The first-order chi connectivity index (χ1) is 41.7. The van der Waals surface area contributed by atoms with Gasteiger partial charge in [0, 0.05) is 69.0 Å². The monoisotopic (exact) mass is 1070 g/mol. The molecule has 0 N–H and O–H groups in total. The Morgan fingerprint density at radius 3 is 1.13 bits per heavy atom. The van der Waals surface area contributed by atoms with Gasteiger partial charge in [-0.25, -0.2) is 0 Å². The van der Waals surface area contributed by atoms with Crippen molar-refractivity contribution in [2.75, 3.05) is 19.6 Å². The van der Waals surface area contributed by atoms with Crippen LogP contribution in [0.3, 0.4) is 0 Å². The van der Waals surface area contributed by atoms with E-state index in [4.69, 9.17) is 4.74 Å². The Morgan fingerprint density at radius 2 is 0.643 bits per heavy atom. The molecule has 0 bridgehead atoms. The Morgan fingerprint density at radius 1 is 0.262 bits per heavy atom. The molecular formula is C78H55BN4O. The van der Waals surface area contributed by atoms with Gasteiger partial charge in [-0.05, 0) is 159 Å². The normalized spacial score (nSPS) is 12.0. The molecule has 2 aliphatic heterocycles. The molecule has 0 atom stereocenters. The summed E-state index contributed by atoms with van der Waals surface area (Å²) in [7, 11) is 0. The average Bonchev–Trinajstić information content (AvgIpc) is 1.20. The molecule has 2 aliphatic rings. The zero-order valence-electron chi connectivity index (χ0n) is 46.0. The van der Waals surface area contributed by atoms with E-state index in [1.54, 1.807) is 0 Å². The van der Waals surface area contributed by atoms with E-state index in [-0.39, 0.29) is 6.71 Å². The zero-order valence-corrected chi connectivity index (χ0v) is 46.0. The molecule has 13 aromatic rings. The standard InChI is InChI=1S/C78H55BN4O/c1-8-28-56(29-9-1)69-44-27-45-70(57-30-10-2-11-31-57)77(69)58-50-65(80(59-32-12-3-13-33-59)60-34-14-4-15-35-60)53-68(51-58)84-67-43-26-42-64(52-67)81(61-36-16-5-17-37-61)66-54-75-78-76(55-66)83(63-40-20-7-21-41-63)74-49-25-23-47-72(74)79(78)71-46-22-24-48-73(71)82(75)62-38-18-6-19-39-62/h1-55H. The van der Waals surface area contributed by atoms with Crippen LogP contribution < -0.4 is 40.7 Å². The van der Waals surface area contributed by atoms with Gasteiger partial charge in [-0.1, -0.05) is 212 Å². The lowest BCUT2D eigenvalue weighted by molar-refractivity contribution is 0.483. The molecule has 0 unspecified atom stereocenters. The first kappa shape index (κ1) is 49.9. The second kappa shape index (κ2) is 21.8. The van der Waals surface area contributed by atoms with Crippen molar-refractivity contribution in [1.29, 1.82) is 0 Å². The molecule has 84 heavy (non-hydrogen) atoms. The quantitative estimate of drug-likeness (QED) is 0.107. The van der Waals surface area contributed by atoms with E-state index in [1.807, 2.05) is 0 Å². The summed E-state index contributed by atoms with van der Waals surface area (Å²) in [5.74, 6) is 1.39. The van der Waals surface area contributed by atoms with Crippen molar-refractivity contribution in [2.45, 2.75) is 0 Å². The van der Waals surface area contributed by atoms with Crippen molar-refractivity contribution in [2.24, 2.45) is 0 Å². The summed E-state index contributed by atoms with van der Waals surface area (Å²) in [6, 6.07) is 120. The Hall–Kier alpha value is -11.1. The maximum absolute atomic E-state index is 7.37. The van der Waals surface area contributed by atoms with Gasteiger partial charge in [0.1, 0.15) is 11.5 Å². The van der Waals surface area contributed by atoms with Crippen molar-refractivity contribution in [3.05, 3.63) is 334 Å². The molecule has 0 fully saturated rings. The van der Waals surface area contributed by atoms with E-state index in [9.17, 15) is 0 Å². The minimum atomic E-state index is -0.0120. The molecule has 0 amide bonds. The summed E-state index contributed by atoms with van der Waals surface area (Å²) in [5.41, 5.74) is 23.2. The van der Waals surface area contributed by atoms with Gasteiger partial charge in [-0.2, -0.15) is 0 Å². The smallest absolute Gasteiger partial charge is 0.252 e. The van der Waals surface area contributed by atoms with Gasteiger partial charge in [0.2, 0.25) is 0 Å². The van der Waals surface area contributed by atoms with Crippen LogP contribution in [0.5, 0.6) is 11.5 Å². The minimum Gasteiger partial charge on any atom is -0.457 e. The van der Waals surface area contributed by atoms with Gasteiger partial charge in [-0.15, -0.1) is 0 Å². The number of anilines is 12. The number of hydrogen-bond donors (Lipinski definition) is 0. The molecule has 396 valence electrons. The van der Waals surface area contributed by atoms with Crippen molar-refractivity contribution >= 4 is 91.3 Å². The second-order valence-electron chi connectivity index (χ2n) is 21.2. The summed E-state index contributed by atoms with van der Waals surface area (Å²) in [4.78, 5) is 9.62. The van der Waals surface area contributed by atoms with Gasteiger partial charge < -0.3 is 24.3 Å². The highest BCUT2D eigenvalue weighted by atomic mass is 16.5. The molecule has 0 aliphatic carbocycles. The number of rotatable bonds is 13. The molecule has 2 heterocycles. The summed E-state index contributed by atoms with van der Waals surface area (Å²) in [6.07, 6.45) is 0. The average molecular weight is 1080 g/mol. The van der Waals surface area contributed by atoms with Crippen molar-refractivity contribution in [3.8, 4) is 44.9 Å². The van der Waals surface area contributed by atoms with Gasteiger partial charge in [0.25, 0.3) is 6.71 Å². The molecule has 0 radical (unpaired) electrons. The van der Waals surface area contributed by atoms with Crippen LogP contribution >= 0.6 is 0 Å². The molecule has 15 rings (SSSR count). The number of ether oxygens (including phenoxy) is 1. The maximum Gasteiger partial charge on any atom is 0.252 e. The van der Waals surface area contributed by atoms with Crippen molar-refractivity contribution < 1.29 is 4.74 Å². The molecule has 0 spiro atoms. The van der Waals surface area contributed by atoms with Crippen LogP contribution in [0.4, 0.5) is 68.2 Å². The highest BCUT2D eigenvalue weighted by Gasteiger charge is 2.43. The molecule has 6 heteroatoms. The highest BCUT2D eigenvalue weighted by Crippen LogP contribution is 2.50. The lowest BCUT2D eigenvalue weighted by atomic mass is 9.33. The van der Waals surface area contributed by atoms with Crippen LogP contribution in [-0.2, 0) is 0 Å². The Balaban J connectivity index is 0.932. The lowest BCUT2D eigenvalue weighted by Crippen LogP contribution is -2.61. The fraction of sp³-hybridized carbons (Fsp3) is 0. The second-order valence-corrected chi connectivity index (χ2v) is 21.2. The van der Waals surface area contributed by atoms with E-state index in [0.29, 0.717) is 11.5 Å². The lowest BCUT2D eigenvalue weighted by Gasteiger charge is -2.45. The maximum atomic E-state index is 7.37. The molecule has 0 saturated heterocycles. The van der Waals surface area contributed by atoms with Gasteiger partial charge in [0.15, 0.2) is 0 Å². The largest absolute Gasteiger partial charge is 0.457 e.